The van der Waals surface area contributed by atoms with Gasteiger partial charge in [-0.2, -0.15) is 0 Å². The largest absolute Gasteiger partial charge is 0.481 e. The molecule has 1 aromatic carbocycles. The molecule has 166 valence electrons. The summed E-state index contributed by atoms with van der Waals surface area (Å²) in [4.78, 5) is 10.6. The molecule has 0 aliphatic carbocycles. The number of aliphatic hydroxyl groups excluding tert-OH is 1. The van der Waals surface area contributed by atoms with Gasteiger partial charge in [0, 0.05) is 6.42 Å². The van der Waals surface area contributed by atoms with Gasteiger partial charge in [-0.3, -0.25) is 4.79 Å². The molecule has 0 fully saturated rings. The summed E-state index contributed by atoms with van der Waals surface area (Å²) in [6.45, 7) is 2.83. The number of carbonyl (C=O) groups is 1. The van der Waals surface area contributed by atoms with E-state index in [0.717, 1.165) is 64.2 Å². The standard InChI is InChI=1S/C25H42O4/c1-2-3-4-11-16-23(26)19-20-24(29-21-22-14-9-8-10-15-22)17-12-6-5-7-13-18-25(27)28/h8-10,14-15,23-24,26H,2-7,11-13,16-21H2,1H3,(H,27,28). The molecule has 2 atom stereocenters. The zero-order valence-corrected chi connectivity index (χ0v) is 18.4. The van der Waals surface area contributed by atoms with E-state index in [1.54, 1.807) is 0 Å². The second-order valence-corrected chi connectivity index (χ2v) is 8.20. The average Bonchev–Trinajstić information content (AvgIpc) is 2.72. The first-order valence-electron chi connectivity index (χ1n) is 11.7. The lowest BCUT2D eigenvalue weighted by Crippen LogP contribution is -2.17. The molecular formula is C25H42O4. The molecule has 0 aromatic heterocycles. The number of carboxylic acid groups (broad SMARTS) is 1. The Balaban J connectivity index is 2.29. The second kappa shape index (κ2) is 17.5. The van der Waals surface area contributed by atoms with Crippen LogP contribution in [-0.2, 0) is 16.1 Å². The summed E-state index contributed by atoms with van der Waals surface area (Å²) in [6, 6.07) is 10.3. The van der Waals surface area contributed by atoms with E-state index in [1.807, 2.05) is 18.2 Å². The molecule has 0 aliphatic heterocycles. The van der Waals surface area contributed by atoms with E-state index in [2.05, 4.69) is 19.1 Å². The van der Waals surface area contributed by atoms with Gasteiger partial charge in [0.1, 0.15) is 0 Å². The normalized spacial score (nSPS) is 13.3. The third kappa shape index (κ3) is 15.2. The number of aliphatic carboxylic acids is 1. The van der Waals surface area contributed by atoms with E-state index in [9.17, 15) is 9.90 Å². The minimum Gasteiger partial charge on any atom is -0.481 e. The molecular weight excluding hydrogens is 364 g/mol. The highest BCUT2D eigenvalue weighted by atomic mass is 16.5. The van der Waals surface area contributed by atoms with Crippen LogP contribution in [0.5, 0.6) is 0 Å². The topological polar surface area (TPSA) is 66.8 Å². The maximum absolute atomic E-state index is 10.6. The fraction of sp³-hybridized carbons (Fsp3) is 0.720. The number of aliphatic hydroxyl groups is 1. The molecule has 1 aromatic rings. The highest BCUT2D eigenvalue weighted by Crippen LogP contribution is 2.18. The zero-order chi connectivity index (χ0) is 21.2. The van der Waals surface area contributed by atoms with E-state index >= 15 is 0 Å². The van der Waals surface area contributed by atoms with Crippen molar-refractivity contribution in [3.8, 4) is 0 Å². The number of rotatable bonds is 19. The second-order valence-electron chi connectivity index (χ2n) is 8.20. The van der Waals surface area contributed by atoms with E-state index in [-0.39, 0.29) is 18.6 Å². The third-order valence-electron chi connectivity index (χ3n) is 5.46. The molecule has 0 saturated carbocycles. The lowest BCUT2D eigenvalue weighted by molar-refractivity contribution is -0.137. The summed E-state index contributed by atoms with van der Waals surface area (Å²) >= 11 is 0. The molecule has 0 aliphatic rings. The van der Waals surface area contributed by atoms with Gasteiger partial charge in [-0.15, -0.1) is 0 Å². The fourth-order valence-electron chi connectivity index (χ4n) is 3.61. The minimum atomic E-state index is -0.701. The maximum atomic E-state index is 10.6. The van der Waals surface area contributed by atoms with Gasteiger partial charge >= 0.3 is 5.97 Å². The quantitative estimate of drug-likeness (QED) is 0.257. The Bertz CT molecular complexity index is 503. The van der Waals surface area contributed by atoms with Crippen LogP contribution in [0.4, 0.5) is 0 Å². The van der Waals surface area contributed by atoms with Gasteiger partial charge in [-0.1, -0.05) is 88.6 Å². The first-order chi connectivity index (χ1) is 14.1. The van der Waals surface area contributed by atoms with Crippen molar-refractivity contribution in [2.24, 2.45) is 0 Å². The van der Waals surface area contributed by atoms with Crippen molar-refractivity contribution in [3.05, 3.63) is 35.9 Å². The Kier molecular flexibility index (Phi) is 15.4. The van der Waals surface area contributed by atoms with Gasteiger partial charge < -0.3 is 14.9 Å². The minimum absolute atomic E-state index is 0.180. The molecule has 1 rings (SSSR count). The smallest absolute Gasteiger partial charge is 0.303 e. The summed E-state index contributed by atoms with van der Waals surface area (Å²) in [5.41, 5.74) is 1.19. The van der Waals surface area contributed by atoms with Crippen LogP contribution >= 0.6 is 0 Å². The number of hydrogen-bond donors (Lipinski definition) is 2. The summed E-state index contributed by atoms with van der Waals surface area (Å²) in [7, 11) is 0. The molecule has 0 heterocycles. The van der Waals surface area contributed by atoms with Crippen molar-refractivity contribution in [3.63, 3.8) is 0 Å². The van der Waals surface area contributed by atoms with E-state index in [1.165, 1.54) is 24.8 Å². The first kappa shape index (κ1) is 25.6. The highest BCUT2D eigenvalue weighted by molar-refractivity contribution is 5.66. The van der Waals surface area contributed by atoms with Crippen LogP contribution in [-0.4, -0.2) is 28.4 Å². The Hall–Kier alpha value is -1.39. The molecule has 4 nitrogen and oxygen atoms in total. The Labute approximate surface area is 177 Å². The van der Waals surface area contributed by atoms with Crippen molar-refractivity contribution < 1.29 is 19.7 Å². The van der Waals surface area contributed by atoms with Crippen LogP contribution in [0.15, 0.2) is 30.3 Å². The molecule has 0 radical (unpaired) electrons. The molecule has 4 heteroatoms. The molecule has 0 spiro atoms. The number of benzene rings is 1. The highest BCUT2D eigenvalue weighted by Gasteiger charge is 2.13. The maximum Gasteiger partial charge on any atom is 0.303 e. The molecule has 0 amide bonds. The van der Waals surface area contributed by atoms with Crippen molar-refractivity contribution in [2.45, 2.75) is 116 Å². The van der Waals surface area contributed by atoms with E-state index in [0.29, 0.717) is 6.61 Å². The zero-order valence-electron chi connectivity index (χ0n) is 18.4. The number of carboxylic acids is 1. The molecule has 2 unspecified atom stereocenters. The van der Waals surface area contributed by atoms with E-state index < -0.39 is 5.97 Å². The Morgan fingerprint density at radius 2 is 1.52 bits per heavy atom. The number of ether oxygens (including phenoxy) is 1. The average molecular weight is 407 g/mol. The van der Waals surface area contributed by atoms with Crippen molar-refractivity contribution in [1.29, 1.82) is 0 Å². The van der Waals surface area contributed by atoms with Gasteiger partial charge in [-0.05, 0) is 37.7 Å². The summed E-state index contributed by atoms with van der Waals surface area (Å²) < 4.78 is 6.19. The molecule has 0 bridgehead atoms. The van der Waals surface area contributed by atoms with Crippen LogP contribution in [0, 0.1) is 0 Å². The Morgan fingerprint density at radius 1 is 0.862 bits per heavy atom. The van der Waals surface area contributed by atoms with Crippen LogP contribution in [0.3, 0.4) is 0 Å². The lowest BCUT2D eigenvalue weighted by atomic mass is 10.00. The van der Waals surface area contributed by atoms with Gasteiger partial charge in [0.25, 0.3) is 0 Å². The summed E-state index contributed by atoms with van der Waals surface area (Å²) in [6.07, 6.45) is 13.7. The summed E-state index contributed by atoms with van der Waals surface area (Å²) in [5.74, 6) is -0.701. The number of unbranched alkanes of at least 4 members (excludes halogenated alkanes) is 7. The third-order valence-corrected chi connectivity index (χ3v) is 5.46. The van der Waals surface area contributed by atoms with Gasteiger partial charge in [0.2, 0.25) is 0 Å². The van der Waals surface area contributed by atoms with Gasteiger partial charge in [-0.25, -0.2) is 0 Å². The van der Waals surface area contributed by atoms with Gasteiger partial charge in [0.15, 0.2) is 0 Å². The molecule has 0 saturated heterocycles. The van der Waals surface area contributed by atoms with Crippen molar-refractivity contribution in [1.82, 2.24) is 0 Å². The SMILES string of the molecule is CCCCCCC(O)CCC(CCCCCCCC(=O)O)OCc1ccccc1. The first-order valence-corrected chi connectivity index (χ1v) is 11.7. The summed E-state index contributed by atoms with van der Waals surface area (Å²) in [5, 5.41) is 19.0. The van der Waals surface area contributed by atoms with Crippen LogP contribution < -0.4 is 0 Å². The predicted molar refractivity (Wildman–Crippen MR) is 119 cm³/mol. The molecule has 29 heavy (non-hydrogen) atoms. The van der Waals surface area contributed by atoms with Crippen molar-refractivity contribution in [2.75, 3.05) is 0 Å². The van der Waals surface area contributed by atoms with Crippen LogP contribution in [0.1, 0.15) is 102 Å². The fourth-order valence-corrected chi connectivity index (χ4v) is 3.61. The van der Waals surface area contributed by atoms with Crippen LogP contribution in [0.2, 0.25) is 0 Å². The number of hydrogen-bond acceptors (Lipinski definition) is 3. The van der Waals surface area contributed by atoms with E-state index in [4.69, 9.17) is 9.84 Å². The van der Waals surface area contributed by atoms with Crippen molar-refractivity contribution >= 4 is 5.97 Å². The predicted octanol–water partition coefficient (Wildman–Crippen LogP) is 6.50. The Morgan fingerprint density at radius 3 is 2.24 bits per heavy atom. The molecule has 2 N–H and O–H groups in total. The van der Waals surface area contributed by atoms with Crippen LogP contribution in [0.25, 0.3) is 0 Å². The lowest BCUT2D eigenvalue weighted by Gasteiger charge is -2.20. The van der Waals surface area contributed by atoms with Gasteiger partial charge in [0.05, 0.1) is 18.8 Å². The monoisotopic (exact) mass is 406 g/mol.